The second-order valence-electron chi connectivity index (χ2n) is 16.5. The van der Waals surface area contributed by atoms with E-state index in [1.165, 1.54) is 12.4 Å². The average Bonchev–Trinajstić information content (AvgIpc) is 3.16. The lowest BCUT2D eigenvalue weighted by molar-refractivity contribution is -0.433. The van der Waals surface area contributed by atoms with Crippen molar-refractivity contribution < 1.29 is 34.0 Å². The number of quaternary nitrogens is 1. The molecular formula is C43H53ClN7O6+. The van der Waals surface area contributed by atoms with Gasteiger partial charge in [0.05, 0.1) is 5.56 Å². The number of nitrogens with one attached hydrogen (secondary N) is 2. The van der Waals surface area contributed by atoms with Crippen LogP contribution in [0.5, 0.6) is 0 Å². The van der Waals surface area contributed by atoms with E-state index in [-0.39, 0.29) is 35.7 Å². The fraction of sp³-hybridized carbons (Fsp3) is 0.419. The zero-order valence-corrected chi connectivity index (χ0v) is 34.2. The van der Waals surface area contributed by atoms with Gasteiger partial charge in [-0.05, 0) is 126 Å². The first-order chi connectivity index (χ1) is 27.0. The number of halogens is 1. The third-order valence-corrected chi connectivity index (χ3v) is 10.2. The lowest BCUT2D eigenvalue weighted by Gasteiger charge is -2.47. The van der Waals surface area contributed by atoms with Gasteiger partial charge in [0.25, 0.3) is 0 Å². The first-order valence-corrected chi connectivity index (χ1v) is 19.6. The highest BCUT2D eigenvalue weighted by Crippen LogP contribution is 2.42. The summed E-state index contributed by atoms with van der Waals surface area (Å²) < 4.78 is 11.1. The molecule has 4 N–H and O–H groups in total. The topological polar surface area (TPSA) is 170 Å². The Bertz CT molecular complexity index is 1970. The van der Waals surface area contributed by atoms with Crippen LogP contribution in [-0.4, -0.2) is 76.9 Å². The first kappa shape index (κ1) is 42.7. The Morgan fingerprint density at radius 1 is 0.895 bits per heavy atom. The minimum Gasteiger partial charge on any atom is -0.456 e. The van der Waals surface area contributed by atoms with Gasteiger partial charge in [0.1, 0.15) is 22.9 Å². The number of esters is 1. The summed E-state index contributed by atoms with van der Waals surface area (Å²) in [5.74, 6) is -1.32. The second kappa shape index (κ2) is 18.7. The van der Waals surface area contributed by atoms with E-state index >= 15 is 0 Å². The maximum atomic E-state index is 14.6. The maximum Gasteiger partial charge on any atom is 0.410 e. The molecule has 0 saturated carbocycles. The molecule has 0 spiro atoms. The fourth-order valence-electron chi connectivity index (χ4n) is 7.39. The van der Waals surface area contributed by atoms with Crippen LogP contribution in [0.25, 0.3) is 6.08 Å². The summed E-state index contributed by atoms with van der Waals surface area (Å²) in [7, 11) is 0. The van der Waals surface area contributed by atoms with Gasteiger partial charge in [-0.25, -0.2) is 9.59 Å². The number of ether oxygens (including phenoxy) is 2. The molecule has 2 saturated heterocycles. The highest BCUT2D eigenvalue weighted by atomic mass is 35.5. The van der Waals surface area contributed by atoms with Gasteiger partial charge >= 0.3 is 12.1 Å². The zero-order valence-electron chi connectivity index (χ0n) is 33.4. The Labute approximate surface area is 339 Å². The van der Waals surface area contributed by atoms with Crippen LogP contribution in [0.4, 0.5) is 16.2 Å². The molecule has 0 aliphatic carbocycles. The van der Waals surface area contributed by atoms with Crippen LogP contribution < -0.4 is 10.6 Å². The van der Waals surface area contributed by atoms with E-state index in [0.29, 0.717) is 53.6 Å². The first-order valence-electron chi connectivity index (χ1n) is 19.2. The molecule has 2 aliphatic heterocycles. The molecule has 5 rings (SSSR count). The van der Waals surface area contributed by atoms with Gasteiger partial charge in [-0.2, -0.15) is 5.53 Å². The van der Waals surface area contributed by atoms with Crippen LogP contribution in [0.2, 0.25) is 5.02 Å². The van der Waals surface area contributed by atoms with E-state index in [1.54, 1.807) is 84.4 Å². The fourth-order valence-corrected chi connectivity index (χ4v) is 7.57. The molecular weight excluding hydrogens is 746 g/mol. The van der Waals surface area contributed by atoms with Gasteiger partial charge in [0.2, 0.25) is 18.2 Å². The Balaban J connectivity index is 1.47. The van der Waals surface area contributed by atoms with Gasteiger partial charge in [-0.3, -0.25) is 14.9 Å². The Morgan fingerprint density at radius 3 is 2.19 bits per heavy atom. The van der Waals surface area contributed by atoms with Crippen LogP contribution in [-0.2, 0) is 19.1 Å². The molecule has 2 fully saturated rings. The third-order valence-electron chi connectivity index (χ3n) is 9.96. The minimum absolute atomic E-state index is 0.0328. The molecule has 3 aromatic rings. The van der Waals surface area contributed by atoms with E-state index < -0.39 is 23.2 Å². The number of hydrogen-bond acceptors (Lipinski definition) is 8. The predicted octanol–water partition coefficient (Wildman–Crippen LogP) is 7.76. The smallest absolute Gasteiger partial charge is 0.410 e. The number of carbonyl (C=O) groups excluding carboxylic acids is 4. The van der Waals surface area contributed by atoms with Crippen LogP contribution in [0.3, 0.4) is 0 Å². The highest BCUT2D eigenvalue weighted by Gasteiger charge is 2.45. The van der Waals surface area contributed by atoms with Crippen LogP contribution in [0.15, 0.2) is 89.2 Å². The summed E-state index contributed by atoms with van der Waals surface area (Å²) in [5.41, 5.74) is 8.80. The van der Waals surface area contributed by atoms with Crippen molar-refractivity contribution in [2.24, 2.45) is 22.2 Å². The molecule has 0 aromatic heterocycles. The monoisotopic (exact) mass is 798 g/mol. The van der Waals surface area contributed by atoms with Crippen molar-refractivity contribution >= 4 is 59.3 Å². The summed E-state index contributed by atoms with van der Waals surface area (Å²) in [6.45, 7) is 12.3. The molecule has 2 aliphatic rings. The van der Waals surface area contributed by atoms with Crippen molar-refractivity contribution in [3.05, 3.63) is 101 Å². The van der Waals surface area contributed by atoms with Crippen molar-refractivity contribution in [1.82, 2.24) is 9.80 Å². The van der Waals surface area contributed by atoms with Gasteiger partial charge in [0, 0.05) is 54.0 Å². The summed E-state index contributed by atoms with van der Waals surface area (Å²) >= 11 is 6.36. The number of hydrogen-bond donors (Lipinski definition) is 3. The van der Waals surface area contributed by atoms with Crippen molar-refractivity contribution in [3.8, 4) is 0 Å². The molecule has 13 nitrogen and oxygen atoms in total. The average molecular weight is 799 g/mol. The predicted molar refractivity (Wildman–Crippen MR) is 219 cm³/mol. The van der Waals surface area contributed by atoms with Crippen LogP contribution in [0.1, 0.15) is 88.2 Å². The Kier molecular flexibility index (Phi) is 14.0. The number of likely N-dealkylation sites (tertiary alicyclic amines) is 2. The maximum absolute atomic E-state index is 14.6. The number of nitrogens with zero attached hydrogens (tertiary/aromatic N) is 4. The molecule has 302 valence electrons. The molecule has 57 heavy (non-hydrogen) atoms. The molecule has 0 radical (unpaired) electrons. The summed E-state index contributed by atoms with van der Waals surface area (Å²) in [5, 5.41) is 11.8. The number of rotatable bonds is 10. The van der Waals surface area contributed by atoms with Crippen molar-refractivity contribution in [1.29, 1.82) is 5.53 Å². The van der Waals surface area contributed by atoms with Gasteiger partial charge in [-0.15, -0.1) is 0 Å². The summed E-state index contributed by atoms with van der Waals surface area (Å²) in [6, 6.07) is 20.6. The number of amides is 3. The Hall–Kier alpha value is -5.40. The Morgan fingerprint density at radius 2 is 1.56 bits per heavy atom. The summed E-state index contributed by atoms with van der Waals surface area (Å²) in [4.78, 5) is 58.1. The van der Waals surface area contributed by atoms with E-state index in [1.807, 2.05) is 51.1 Å². The molecule has 3 amide bonds. The molecule has 14 heteroatoms. The molecule has 2 heterocycles. The summed E-state index contributed by atoms with van der Waals surface area (Å²) in [6.07, 6.45) is 6.29. The van der Waals surface area contributed by atoms with Crippen LogP contribution in [0, 0.1) is 17.4 Å². The number of anilines is 1. The number of benzene rings is 3. The third kappa shape index (κ3) is 12.0. The minimum atomic E-state index is -0.885. The van der Waals surface area contributed by atoms with E-state index in [2.05, 4.69) is 15.6 Å². The zero-order chi connectivity index (χ0) is 41.3. The van der Waals surface area contributed by atoms with Gasteiger partial charge in [-0.1, -0.05) is 47.0 Å². The largest absolute Gasteiger partial charge is 0.456 e. The molecule has 3 unspecified atom stereocenters. The van der Waals surface area contributed by atoms with Gasteiger partial charge in [0.15, 0.2) is 0 Å². The normalized spacial score (nSPS) is 19.4. The van der Waals surface area contributed by atoms with Gasteiger partial charge < -0.3 is 24.6 Å². The van der Waals surface area contributed by atoms with E-state index in [4.69, 9.17) is 26.6 Å². The van der Waals surface area contributed by atoms with E-state index in [9.17, 15) is 19.2 Å². The standard InChI is InChI=1S/C43H52ClN7O6/c1-42(2,3)56-40(54)30-12-16-34(17-13-30)48-39(53)38-35(29-10-8-7-9-11-29)25-32(28-20-22-50(23-21-28)41(55)57-43(4,5)6)26-51(38)37(52)19-14-31-24-33(44)15-18-36(31)46-27-47-49-45/h7-19,24,27-28,32,35,38H,20-23,25-26H2,1-6H3,(H,48,53)(H2,45,46,47)/p+1/b19-14+. The number of nitrogens with two attached hydrogens (primary N) is 1. The van der Waals surface area contributed by atoms with E-state index in [0.717, 1.165) is 18.4 Å². The molecule has 0 bridgehead atoms. The quantitative estimate of drug-likeness (QED) is 0.0360. The van der Waals surface area contributed by atoms with Crippen molar-refractivity contribution in [2.45, 2.75) is 84.0 Å². The molecule has 3 aromatic carbocycles. The number of piperidine rings is 2. The van der Waals surface area contributed by atoms with Crippen molar-refractivity contribution in [3.63, 3.8) is 0 Å². The van der Waals surface area contributed by atoms with Crippen molar-refractivity contribution in [2.75, 3.05) is 25.0 Å². The second-order valence-corrected chi connectivity index (χ2v) is 16.9. The van der Waals surface area contributed by atoms with Crippen LogP contribution >= 0.6 is 11.6 Å². The lowest BCUT2D eigenvalue weighted by atomic mass is 9.71. The molecule has 3 atom stereocenters. The SMILES string of the molecule is CC(C)(C)OC(=O)c1ccc(NC(=O)C2C(c3ccccc3)CC(C3CCN(C(=O)OC(C)(C)C)CC3)CN2C(=O)/C=C/c2cc(Cl)ccc2[NH2+]/C=N\N=N)cc1. The number of carbonyl (C=O) groups is 4. The lowest BCUT2D eigenvalue weighted by Crippen LogP contribution is -2.76. The highest BCUT2D eigenvalue weighted by molar-refractivity contribution is 6.30.